The zero-order chi connectivity index (χ0) is 9.68. The second kappa shape index (κ2) is 4.35. The van der Waals surface area contributed by atoms with E-state index in [0.717, 1.165) is 5.69 Å². The van der Waals surface area contributed by atoms with Gasteiger partial charge < -0.3 is 15.2 Å². The summed E-state index contributed by atoms with van der Waals surface area (Å²) >= 11 is 0. The summed E-state index contributed by atoms with van der Waals surface area (Å²) in [5.74, 6) is -0.418. The lowest BCUT2D eigenvalue weighted by Crippen LogP contribution is -2.09. The first-order valence-corrected chi connectivity index (χ1v) is 3.85. The van der Waals surface area contributed by atoms with Crippen molar-refractivity contribution in [3.63, 3.8) is 0 Å². The van der Waals surface area contributed by atoms with Crippen molar-refractivity contribution >= 4 is 11.7 Å². The Hall–Kier alpha value is -1.71. The summed E-state index contributed by atoms with van der Waals surface area (Å²) in [5.41, 5.74) is 0.961. The number of benzene rings is 1. The van der Waals surface area contributed by atoms with Gasteiger partial charge in [0.15, 0.2) is 6.61 Å². The van der Waals surface area contributed by atoms with Gasteiger partial charge in [0.2, 0.25) is 0 Å². The fraction of sp³-hybridized carbons (Fsp3) is 0.222. The molecule has 13 heavy (non-hydrogen) atoms. The van der Waals surface area contributed by atoms with Gasteiger partial charge in [-0.2, -0.15) is 0 Å². The zero-order valence-electron chi connectivity index (χ0n) is 7.28. The van der Waals surface area contributed by atoms with Gasteiger partial charge >= 0.3 is 5.97 Å². The molecular formula is C9H11NO3. The van der Waals surface area contributed by atoms with Crippen LogP contribution in [0, 0.1) is 0 Å². The third kappa shape index (κ3) is 3.02. The van der Waals surface area contributed by atoms with Crippen LogP contribution in [0.25, 0.3) is 0 Å². The van der Waals surface area contributed by atoms with E-state index in [2.05, 4.69) is 5.32 Å². The topological polar surface area (TPSA) is 58.6 Å². The summed E-state index contributed by atoms with van der Waals surface area (Å²) in [4.78, 5) is 10.2. The van der Waals surface area contributed by atoms with Gasteiger partial charge in [-0.15, -0.1) is 0 Å². The molecule has 0 bridgehead atoms. The zero-order valence-corrected chi connectivity index (χ0v) is 7.28. The van der Waals surface area contributed by atoms with Crippen molar-refractivity contribution in [3.8, 4) is 5.75 Å². The number of aliphatic carboxylic acids is 1. The first kappa shape index (κ1) is 9.38. The van der Waals surface area contributed by atoms with Crippen LogP contribution in [0.5, 0.6) is 5.75 Å². The van der Waals surface area contributed by atoms with Crippen molar-refractivity contribution in [2.75, 3.05) is 19.0 Å². The van der Waals surface area contributed by atoms with Crippen LogP contribution < -0.4 is 10.1 Å². The molecule has 1 rings (SSSR count). The Morgan fingerprint density at radius 2 is 2.08 bits per heavy atom. The highest BCUT2D eigenvalue weighted by molar-refractivity contribution is 5.68. The molecule has 0 aliphatic heterocycles. The first-order chi connectivity index (χ1) is 6.22. The minimum Gasteiger partial charge on any atom is -0.482 e. The Balaban J connectivity index is 2.54. The highest BCUT2D eigenvalue weighted by Gasteiger charge is 1.98. The van der Waals surface area contributed by atoms with Crippen molar-refractivity contribution in [2.45, 2.75) is 0 Å². The standard InChI is InChI=1S/C9H11NO3/c1-10-7-2-4-8(5-3-7)13-6-9(11)12/h2-5,10H,6H2,1H3,(H,11,12). The number of nitrogens with one attached hydrogen (secondary N) is 1. The largest absolute Gasteiger partial charge is 0.482 e. The maximum atomic E-state index is 10.2. The second-order valence-corrected chi connectivity index (χ2v) is 2.46. The lowest BCUT2D eigenvalue weighted by molar-refractivity contribution is -0.139. The molecule has 0 amide bonds. The molecule has 70 valence electrons. The second-order valence-electron chi connectivity index (χ2n) is 2.46. The minimum absolute atomic E-state index is 0.307. The van der Waals surface area contributed by atoms with E-state index in [1.165, 1.54) is 0 Å². The molecule has 0 aromatic heterocycles. The molecule has 0 saturated heterocycles. The predicted molar refractivity (Wildman–Crippen MR) is 49.1 cm³/mol. The molecule has 0 radical (unpaired) electrons. The van der Waals surface area contributed by atoms with Crippen LogP contribution in [-0.4, -0.2) is 24.7 Å². The third-order valence-corrected chi connectivity index (χ3v) is 1.51. The summed E-state index contributed by atoms with van der Waals surface area (Å²) in [5, 5.41) is 11.3. The summed E-state index contributed by atoms with van der Waals surface area (Å²) in [6.45, 7) is -0.307. The number of anilines is 1. The third-order valence-electron chi connectivity index (χ3n) is 1.51. The Morgan fingerprint density at radius 1 is 1.46 bits per heavy atom. The van der Waals surface area contributed by atoms with Crippen LogP contribution in [-0.2, 0) is 4.79 Å². The normalized spacial score (nSPS) is 9.31. The van der Waals surface area contributed by atoms with Gasteiger partial charge in [-0.25, -0.2) is 4.79 Å². The van der Waals surface area contributed by atoms with E-state index in [0.29, 0.717) is 5.75 Å². The van der Waals surface area contributed by atoms with Crippen LogP contribution in [0.3, 0.4) is 0 Å². The Labute approximate surface area is 76.1 Å². The van der Waals surface area contributed by atoms with Gasteiger partial charge in [0.25, 0.3) is 0 Å². The summed E-state index contributed by atoms with van der Waals surface area (Å²) < 4.78 is 4.94. The number of carboxylic acids is 1. The van der Waals surface area contributed by atoms with E-state index in [9.17, 15) is 4.79 Å². The van der Waals surface area contributed by atoms with Crippen molar-refractivity contribution in [3.05, 3.63) is 24.3 Å². The van der Waals surface area contributed by atoms with Gasteiger partial charge in [0.1, 0.15) is 5.75 Å². The fourth-order valence-corrected chi connectivity index (χ4v) is 0.863. The number of carbonyl (C=O) groups is 1. The average Bonchev–Trinajstić information content (AvgIpc) is 2.15. The Kier molecular flexibility index (Phi) is 3.14. The monoisotopic (exact) mass is 181 g/mol. The SMILES string of the molecule is CNc1ccc(OCC(=O)O)cc1. The summed E-state index contributed by atoms with van der Waals surface area (Å²) in [6.07, 6.45) is 0. The van der Waals surface area contributed by atoms with Crippen LogP contribution >= 0.6 is 0 Å². The quantitative estimate of drug-likeness (QED) is 0.732. The van der Waals surface area contributed by atoms with E-state index >= 15 is 0 Å². The van der Waals surface area contributed by atoms with Crippen LogP contribution in [0.15, 0.2) is 24.3 Å². The maximum Gasteiger partial charge on any atom is 0.341 e. The highest BCUT2D eigenvalue weighted by atomic mass is 16.5. The molecule has 1 aromatic carbocycles. The van der Waals surface area contributed by atoms with E-state index in [-0.39, 0.29) is 6.61 Å². The lowest BCUT2D eigenvalue weighted by atomic mass is 10.3. The van der Waals surface area contributed by atoms with Crippen molar-refractivity contribution in [1.29, 1.82) is 0 Å². The average molecular weight is 181 g/mol. The van der Waals surface area contributed by atoms with Crippen molar-refractivity contribution in [2.24, 2.45) is 0 Å². The molecule has 0 spiro atoms. The van der Waals surface area contributed by atoms with E-state index in [1.54, 1.807) is 12.1 Å². The lowest BCUT2D eigenvalue weighted by Gasteiger charge is -2.03. The summed E-state index contributed by atoms with van der Waals surface area (Å²) in [7, 11) is 1.81. The fourth-order valence-electron chi connectivity index (χ4n) is 0.863. The first-order valence-electron chi connectivity index (χ1n) is 3.85. The van der Waals surface area contributed by atoms with Gasteiger partial charge in [0, 0.05) is 12.7 Å². The minimum atomic E-state index is -0.974. The van der Waals surface area contributed by atoms with Gasteiger partial charge in [-0.1, -0.05) is 0 Å². The molecule has 2 N–H and O–H groups in total. The van der Waals surface area contributed by atoms with Crippen LogP contribution in [0.1, 0.15) is 0 Å². The number of hydrogen-bond donors (Lipinski definition) is 2. The molecule has 0 unspecified atom stereocenters. The number of carboxylic acid groups (broad SMARTS) is 1. The van der Waals surface area contributed by atoms with Gasteiger partial charge in [-0.3, -0.25) is 0 Å². The molecular weight excluding hydrogens is 170 g/mol. The van der Waals surface area contributed by atoms with E-state index < -0.39 is 5.97 Å². The molecule has 0 aliphatic carbocycles. The molecule has 4 heteroatoms. The number of hydrogen-bond acceptors (Lipinski definition) is 3. The van der Waals surface area contributed by atoms with Crippen LogP contribution in [0.4, 0.5) is 5.69 Å². The molecule has 0 fully saturated rings. The van der Waals surface area contributed by atoms with Crippen molar-refractivity contribution in [1.82, 2.24) is 0 Å². The molecule has 0 atom stereocenters. The molecule has 1 aromatic rings. The maximum absolute atomic E-state index is 10.2. The Bertz CT molecular complexity index is 281. The van der Waals surface area contributed by atoms with Gasteiger partial charge in [0.05, 0.1) is 0 Å². The Morgan fingerprint density at radius 3 is 2.54 bits per heavy atom. The predicted octanol–water partition coefficient (Wildman–Crippen LogP) is 1.19. The van der Waals surface area contributed by atoms with Crippen molar-refractivity contribution < 1.29 is 14.6 Å². The van der Waals surface area contributed by atoms with E-state index in [1.807, 2.05) is 19.2 Å². The van der Waals surface area contributed by atoms with E-state index in [4.69, 9.17) is 9.84 Å². The number of rotatable bonds is 4. The number of ether oxygens (including phenoxy) is 1. The van der Waals surface area contributed by atoms with Gasteiger partial charge in [-0.05, 0) is 24.3 Å². The molecule has 4 nitrogen and oxygen atoms in total. The van der Waals surface area contributed by atoms with Crippen LogP contribution in [0.2, 0.25) is 0 Å². The molecule has 0 aliphatic rings. The summed E-state index contributed by atoms with van der Waals surface area (Å²) in [6, 6.07) is 7.07. The molecule has 0 heterocycles. The smallest absolute Gasteiger partial charge is 0.341 e. The molecule has 0 saturated carbocycles. The highest BCUT2D eigenvalue weighted by Crippen LogP contribution is 2.14.